The molecule has 2 nitrogen and oxygen atoms in total. The molecule has 13 heavy (non-hydrogen) atoms. The summed E-state index contributed by atoms with van der Waals surface area (Å²) in [7, 11) is 0. The Balaban J connectivity index is 3.14. The average molecular weight is 190 g/mol. The van der Waals surface area contributed by atoms with Gasteiger partial charge in [0.15, 0.2) is 6.07 Å². The Morgan fingerprint density at radius 2 is 2.23 bits per heavy atom. The Kier molecular flexibility index (Phi) is 3.09. The van der Waals surface area contributed by atoms with Crippen LogP contribution in [-0.4, -0.2) is 6.29 Å². The van der Waals surface area contributed by atoms with Crippen LogP contribution in [0.2, 0.25) is 5.02 Å². The Morgan fingerprint density at radius 3 is 2.77 bits per heavy atom. The van der Waals surface area contributed by atoms with Crippen molar-refractivity contribution in [1.29, 1.82) is 5.26 Å². The molecule has 0 fully saturated rings. The highest BCUT2D eigenvalue weighted by atomic mass is 35.5. The number of carbonyl (C=O) groups excluding carboxylic acids is 1. The van der Waals surface area contributed by atoms with Crippen LogP contribution in [0, 0.1) is 23.2 Å². The van der Waals surface area contributed by atoms with Crippen molar-refractivity contribution in [2.75, 3.05) is 0 Å². The van der Waals surface area contributed by atoms with Gasteiger partial charge in [0.2, 0.25) is 0 Å². The molecule has 0 atom stereocenters. The van der Waals surface area contributed by atoms with Gasteiger partial charge in [-0.1, -0.05) is 17.7 Å². The number of halogens is 1. The molecule has 0 radical (unpaired) electrons. The van der Waals surface area contributed by atoms with Gasteiger partial charge >= 0.3 is 0 Å². The second-order valence-electron chi connectivity index (χ2n) is 2.22. The number of hydrogen-bond acceptors (Lipinski definition) is 2. The zero-order chi connectivity index (χ0) is 9.68. The van der Waals surface area contributed by atoms with Crippen molar-refractivity contribution in [3.8, 4) is 17.9 Å². The molecular weight excluding hydrogens is 186 g/mol. The van der Waals surface area contributed by atoms with Crippen LogP contribution in [-0.2, 0) is 0 Å². The minimum Gasteiger partial charge on any atom is -0.298 e. The smallest absolute Gasteiger partial charge is 0.152 e. The van der Waals surface area contributed by atoms with E-state index < -0.39 is 0 Å². The van der Waals surface area contributed by atoms with Crippen molar-refractivity contribution < 1.29 is 4.79 Å². The SMILES string of the molecule is N#CC#Cc1ccc(C=O)cc1Cl. The molecule has 0 aliphatic rings. The minimum atomic E-state index is 0.382. The molecule has 3 heteroatoms. The lowest BCUT2D eigenvalue weighted by Gasteiger charge is -1.95. The number of nitriles is 1. The maximum Gasteiger partial charge on any atom is 0.152 e. The maximum atomic E-state index is 10.3. The summed E-state index contributed by atoms with van der Waals surface area (Å²) < 4.78 is 0. The van der Waals surface area contributed by atoms with E-state index in [1.807, 2.05) is 0 Å². The first-order chi connectivity index (χ1) is 6.27. The van der Waals surface area contributed by atoms with Crippen molar-refractivity contribution in [2.24, 2.45) is 0 Å². The quantitative estimate of drug-likeness (QED) is 0.501. The summed E-state index contributed by atoms with van der Waals surface area (Å²) in [5, 5.41) is 8.58. The summed E-state index contributed by atoms with van der Waals surface area (Å²) in [5.74, 6) is 4.78. The predicted molar refractivity (Wildman–Crippen MR) is 49.3 cm³/mol. The second kappa shape index (κ2) is 4.30. The molecule has 0 saturated heterocycles. The van der Waals surface area contributed by atoms with Crippen LogP contribution in [0.15, 0.2) is 18.2 Å². The van der Waals surface area contributed by atoms with E-state index in [0.29, 0.717) is 22.4 Å². The summed E-state index contributed by atoms with van der Waals surface area (Å²) in [6.07, 6.45) is 0.702. The van der Waals surface area contributed by atoms with Gasteiger partial charge in [0, 0.05) is 17.0 Å². The summed E-state index contributed by atoms with van der Waals surface area (Å²) in [5.41, 5.74) is 1.04. The standard InChI is InChI=1S/C10H4ClNO/c11-10-6-8(7-13)3-4-9(10)2-1-5-12/h3-4,6-7H. The molecule has 1 aromatic carbocycles. The van der Waals surface area contributed by atoms with Crippen LogP contribution in [0.5, 0.6) is 0 Å². The molecule has 0 spiro atoms. The minimum absolute atomic E-state index is 0.382. The molecular formula is C10H4ClNO. The zero-order valence-corrected chi connectivity index (χ0v) is 7.30. The number of carbonyl (C=O) groups is 1. The van der Waals surface area contributed by atoms with Crippen molar-refractivity contribution in [3.05, 3.63) is 34.3 Å². The molecule has 0 amide bonds. The fourth-order valence-electron chi connectivity index (χ4n) is 0.801. The van der Waals surface area contributed by atoms with E-state index in [1.54, 1.807) is 18.2 Å². The highest BCUT2D eigenvalue weighted by Crippen LogP contribution is 2.15. The van der Waals surface area contributed by atoms with Gasteiger partial charge in [0.25, 0.3) is 0 Å². The van der Waals surface area contributed by atoms with Crippen molar-refractivity contribution in [3.63, 3.8) is 0 Å². The molecule has 62 valence electrons. The first-order valence-electron chi connectivity index (χ1n) is 3.43. The molecule has 1 aromatic rings. The Bertz CT molecular complexity index is 434. The van der Waals surface area contributed by atoms with Crippen molar-refractivity contribution in [2.45, 2.75) is 0 Å². The van der Waals surface area contributed by atoms with E-state index in [4.69, 9.17) is 16.9 Å². The average Bonchev–Trinajstić information content (AvgIpc) is 2.16. The molecule has 0 aliphatic carbocycles. The van der Waals surface area contributed by atoms with E-state index in [1.165, 1.54) is 6.07 Å². The number of aldehydes is 1. The number of rotatable bonds is 1. The van der Waals surface area contributed by atoms with Crippen LogP contribution in [0.3, 0.4) is 0 Å². The van der Waals surface area contributed by atoms with Crippen molar-refractivity contribution in [1.82, 2.24) is 0 Å². The zero-order valence-electron chi connectivity index (χ0n) is 6.54. The van der Waals surface area contributed by atoms with Gasteiger partial charge in [-0.2, -0.15) is 5.26 Å². The highest BCUT2D eigenvalue weighted by molar-refractivity contribution is 6.32. The van der Waals surface area contributed by atoms with Crippen LogP contribution in [0.4, 0.5) is 0 Å². The van der Waals surface area contributed by atoms with E-state index in [0.717, 1.165) is 0 Å². The van der Waals surface area contributed by atoms with Crippen LogP contribution in [0.1, 0.15) is 15.9 Å². The Labute approximate surface area is 80.7 Å². The van der Waals surface area contributed by atoms with Gasteiger partial charge in [-0.05, 0) is 18.1 Å². The lowest BCUT2D eigenvalue weighted by atomic mass is 10.1. The molecule has 1 rings (SSSR count). The normalized spacial score (nSPS) is 8.00. The number of hydrogen-bond donors (Lipinski definition) is 0. The lowest BCUT2D eigenvalue weighted by molar-refractivity contribution is 0.112. The molecule has 0 N–H and O–H groups in total. The van der Waals surface area contributed by atoms with Gasteiger partial charge < -0.3 is 0 Å². The number of benzene rings is 1. The molecule has 0 unspecified atom stereocenters. The highest BCUT2D eigenvalue weighted by Gasteiger charge is 1.97. The fraction of sp³-hybridized carbons (Fsp3) is 0. The monoisotopic (exact) mass is 189 g/mol. The predicted octanol–water partition coefficient (Wildman–Crippen LogP) is 2.03. The van der Waals surface area contributed by atoms with Gasteiger partial charge in [-0.3, -0.25) is 4.79 Å². The van der Waals surface area contributed by atoms with E-state index >= 15 is 0 Å². The summed E-state index contributed by atoms with van der Waals surface area (Å²) in [6, 6.07) is 6.40. The van der Waals surface area contributed by atoms with E-state index in [2.05, 4.69) is 11.8 Å². The molecule has 0 aliphatic heterocycles. The van der Waals surface area contributed by atoms with Gasteiger partial charge in [0.1, 0.15) is 6.29 Å². The van der Waals surface area contributed by atoms with Crippen LogP contribution in [0.25, 0.3) is 0 Å². The molecule has 0 aromatic heterocycles. The topological polar surface area (TPSA) is 40.9 Å². The van der Waals surface area contributed by atoms with Crippen LogP contribution < -0.4 is 0 Å². The van der Waals surface area contributed by atoms with Gasteiger partial charge in [-0.25, -0.2) is 0 Å². The molecule has 0 heterocycles. The third-order valence-electron chi connectivity index (χ3n) is 1.38. The summed E-state index contributed by atoms with van der Waals surface area (Å²) in [6.45, 7) is 0. The first-order valence-corrected chi connectivity index (χ1v) is 3.80. The number of nitrogens with zero attached hydrogens (tertiary/aromatic N) is 1. The first kappa shape index (κ1) is 9.32. The Morgan fingerprint density at radius 1 is 1.46 bits per heavy atom. The van der Waals surface area contributed by atoms with Crippen molar-refractivity contribution >= 4 is 17.9 Å². The van der Waals surface area contributed by atoms with Gasteiger partial charge in [-0.15, -0.1) is 0 Å². The molecule has 0 bridgehead atoms. The lowest BCUT2D eigenvalue weighted by Crippen LogP contribution is -1.82. The second-order valence-corrected chi connectivity index (χ2v) is 2.63. The van der Waals surface area contributed by atoms with Crippen LogP contribution >= 0.6 is 11.6 Å². The molecule has 0 saturated carbocycles. The van der Waals surface area contributed by atoms with E-state index in [9.17, 15) is 4.79 Å². The summed E-state index contributed by atoms with van der Waals surface area (Å²) in [4.78, 5) is 10.3. The third-order valence-corrected chi connectivity index (χ3v) is 1.70. The largest absolute Gasteiger partial charge is 0.298 e. The fourth-order valence-corrected chi connectivity index (χ4v) is 1.04. The maximum absolute atomic E-state index is 10.3. The third kappa shape index (κ3) is 2.33. The summed E-state index contributed by atoms with van der Waals surface area (Å²) >= 11 is 5.77. The Hall–Kier alpha value is -1.77. The van der Waals surface area contributed by atoms with Gasteiger partial charge in [0.05, 0.1) is 5.02 Å². The van der Waals surface area contributed by atoms with E-state index in [-0.39, 0.29) is 0 Å².